The standard InChI is InChI=1S/C13H17ClN2O/c1-9-4-5-11(7-12(9)14)16-13(17)10-3-2-6-15-8-10/h4-5,7,10,15H,2-3,6,8H2,1H3,(H,16,17). The van der Waals surface area contributed by atoms with Crippen molar-refractivity contribution in [2.45, 2.75) is 19.8 Å². The minimum Gasteiger partial charge on any atom is -0.326 e. The monoisotopic (exact) mass is 252 g/mol. The molecule has 0 saturated carbocycles. The number of rotatable bonds is 2. The van der Waals surface area contributed by atoms with Gasteiger partial charge in [0, 0.05) is 17.3 Å². The fourth-order valence-corrected chi connectivity index (χ4v) is 2.17. The van der Waals surface area contributed by atoms with E-state index in [2.05, 4.69) is 10.6 Å². The van der Waals surface area contributed by atoms with Crippen molar-refractivity contribution >= 4 is 23.2 Å². The molecule has 92 valence electrons. The molecule has 0 aliphatic carbocycles. The number of piperidine rings is 1. The van der Waals surface area contributed by atoms with E-state index in [0.717, 1.165) is 37.2 Å². The first-order valence-corrected chi connectivity index (χ1v) is 6.32. The minimum absolute atomic E-state index is 0.0730. The summed E-state index contributed by atoms with van der Waals surface area (Å²) in [5, 5.41) is 6.84. The fourth-order valence-electron chi connectivity index (χ4n) is 1.99. The molecule has 0 aromatic heterocycles. The maximum atomic E-state index is 12.0. The molecule has 1 saturated heterocycles. The largest absolute Gasteiger partial charge is 0.326 e. The van der Waals surface area contributed by atoms with Gasteiger partial charge in [-0.2, -0.15) is 0 Å². The molecule has 2 rings (SSSR count). The molecule has 0 bridgehead atoms. The molecule has 1 heterocycles. The Bertz CT molecular complexity index is 414. The number of halogens is 1. The summed E-state index contributed by atoms with van der Waals surface area (Å²) in [4.78, 5) is 12.0. The number of carbonyl (C=O) groups excluding carboxylic acids is 1. The van der Waals surface area contributed by atoms with E-state index in [0.29, 0.717) is 5.02 Å². The van der Waals surface area contributed by atoms with E-state index in [1.165, 1.54) is 0 Å². The predicted octanol–water partition coefficient (Wildman–Crippen LogP) is 2.59. The highest BCUT2D eigenvalue weighted by molar-refractivity contribution is 6.31. The number of hydrogen-bond donors (Lipinski definition) is 2. The van der Waals surface area contributed by atoms with Crippen LogP contribution in [-0.4, -0.2) is 19.0 Å². The molecule has 1 amide bonds. The van der Waals surface area contributed by atoms with Gasteiger partial charge in [-0.15, -0.1) is 0 Å². The molecule has 17 heavy (non-hydrogen) atoms. The lowest BCUT2D eigenvalue weighted by Crippen LogP contribution is -2.37. The highest BCUT2D eigenvalue weighted by Crippen LogP contribution is 2.21. The maximum absolute atomic E-state index is 12.0. The van der Waals surface area contributed by atoms with Gasteiger partial charge in [0.2, 0.25) is 5.91 Å². The fraction of sp³-hybridized carbons (Fsp3) is 0.462. The van der Waals surface area contributed by atoms with Crippen molar-refractivity contribution in [3.05, 3.63) is 28.8 Å². The van der Waals surface area contributed by atoms with Gasteiger partial charge in [0.15, 0.2) is 0 Å². The molecule has 0 radical (unpaired) electrons. The van der Waals surface area contributed by atoms with Gasteiger partial charge < -0.3 is 10.6 Å². The molecule has 1 unspecified atom stereocenters. The average Bonchev–Trinajstić information content (AvgIpc) is 2.35. The second-order valence-electron chi connectivity index (χ2n) is 4.50. The Kier molecular flexibility index (Phi) is 4.02. The van der Waals surface area contributed by atoms with Crippen molar-refractivity contribution < 1.29 is 4.79 Å². The van der Waals surface area contributed by atoms with E-state index in [-0.39, 0.29) is 11.8 Å². The Labute approximate surface area is 107 Å². The van der Waals surface area contributed by atoms with Crippen molar-refractivity contribution in [3.63, 3.8) is 0 Å². The lowest BCUT2D eigenvalue weighted by Gasteiger charge is -2.22. The second-order valence-corrected chi connectivity index (χ2v) is 4.90. The quantitative estimate of drug-likeness (QED) is 0.850. The van der Waals surface area contributed by atoms with Gasteiger partial charge in [0.05, 0.1) is 5.92 Å². The first kappa shape index (κ1) is 12.4. The van der Waals surface area contributed by atoms with Crippen molar-refractivity contribution in [3.8, 4) is 0 Å². The van der Waals surface area contributed by atoms with E-state index in [1.807, 2.05) is 19.1 Å². The molecule has 1 aliphatic heterocycles. The zero-order valence-corrected chi connectivity index (χ0v) is 10.7. The summed E-state index contributed by atoms with van der Waals surface area (Å²) in [5.74, 6) is 0.154. The second kappa shape index (κ2) is 5.52. The number of aryl methyl sites for hydroxylation is 1. The van der Waals surface area contributed by atoms with Gasteiger partial charge in [-0.1, -0.05) is 17.7 Å². The molecule has 1 fully saturated rings. The van der Waals surface area contributed by atoms with Crippen LogP contribution in [0.2, 0.25) is 5.02 Å². The zero-order chi connectivity index (χ0) is 12.3. The summed E-state index contributed by atoms with van der Waals surface area (Å²) in [7, 11) is 0. The minimum atomic E-state index is 0.0730. The molecular formula is C13H17ClN2O. The maximum Gasteiger partial charge on any atom is 0.228 e. The van der Waals surface area contributed by atoms with Crippen LogP contribution in [0.15, 0.2) is 18.2 Å². The van der Waals surface area contributed by atoms with Crippen LogP contribution in [0.4, 0.5) is 5.69 Å². The summed E-state index contributed by atoms with van der Waals surface area (Å²) in [5.41, 5.74) is 1.79. The molecule has 4 heteroatoms. The van der Waals surface area contributed by atoms with Crippen LogP contribution in [0.5, 0.6) is 0 Å². The Hall–Kier alpha value is -1.06. The Morgan fingerprint density at radius 2 is 2.35 bits per heavy atom. The zero-order valence-electron chi connectivity index (χ0n) is 9.92. The van der Waals surface area contributed by atoms with Crippen LogP contribution < -0.4 is 10.6 Å². The number of nitrogens with one attached hydrogen (secondary N) is 2. The van der Waals surface area contributed by atoms with E-state index in [9.17, 15) is 4.79 Å². The van der Waals surface area contributed by atoms with Gasteiger partial charge in [-0.3, -0.25) is 4.79 Å². The third-order valence-electron chi connectivity index (χ3n) is 3.11. The van der Waals surface area contributed by atoms with E-state index in [4.69, 9.17) is 11.6 Å². The first-order valence-electron chi connectivity index (χ1n) is 5.94. The number of amides is 1. The van der Waals surface area contributed by atoms with E-state index >= 15 is 0 Å². The summed E-state index contributed by atoms with van der Waals surface area (Å²) < 4.78 is 0. The molecule has 1 aromatic carbocycles. The number of anilines is 1. The van der Waals surface area contributed by atoms with Crippen molar-refractivity contribution in [1.82, 2.24) is 5.32 Å². The van der Waals surface area contributed by atoms with Crippen molar-refractivity contribution in [1.29, 1.82) is 0 Å². The lowest BCUT2D eigenvalue weighted by atomic mass is 9.99. The van der Waals surface area contributed by atoms with E-state index < -0.39 is 0 Å². The van der Waals surface area contributed by atoms with E-state index in [1.54, 1.807) is 6.07 Å². The predicted molar refractivity (Wildman–Crippen MR) is 70.4 cm³/mol. The Balaban J connectivity index is 1.99. The van der Waals surface area contributed by atoms with Crippen LogP contribution in [-0.2, 0) is 4.79 Å². The van der Waals surface area contributed by atoms with Crippen LogP contribution >= 0.6 is 11.6 Å². The molecule has 3 nitrogen and oxygen atoms in total. The molecule has 1 atom stereocenters. The number of benzene rings is 1. The molecular weight excluding hydrogens is 236 g/mol. The van der Waals surface area contributed by atoms with Crippen LogP contribution in [0.3, 0.4) is 0 Å². The first-order chi connectivity index (χ1) is 8.16. The highest BCUT2D eigenvalue weighted by atomic mass is 35.5. The van der Waals surface area contributed by atoms with Crippen LogP contribution in [0, 0.1) is 12.8 Å². The van der Waals surface area contributed by atoms with Gasteiger partial charge in [0.25, 0.3) is 0 Å². The summed E-state index contributed by atoms with van der Waals surface area (Å²) in [6.07, 6.45) is 2.02. The van der Waals surface area contributed by atoms with Crippen LogP contribution in [0.25, 0.3) is 0 Å². The highest BCUT2D eigenvalue weighted by Gasteiger charge is 2.20. The van der Waals surface area contributed by atoms with Gasteiger partial charge in [0.1, 0.15) is 0 Å². The summed E-state index contributed by atoms with van der Waals surface area (Å²) in [6.45, 7) is 3.73. The number of carbonyl (C=O) groups is 1. The normalized spacial score (nSPS) is 20.0. The molecule has 1 aliphatic rings. The summed E-state index contributed by atoms with van der Waals surface area (Å²) in [6, 6.07) is 5.59. The third kappa shape index (κ3) is 3.20. The molecule has 1 aromatic rings. The van der Waals surface area contributed by atoms with Crippen LogP contribution in [0.1, 0.15) is 18.4 Å². The molecule has 0 spiro atoms. The topological polar surface area (TPSA) is 41.1 Å². The van der Waals surface area contributed by atoms with Crippen molar-refractivity contribution in [2.75, 3.05) is 18.4 Å². The van der Waals surface area contributed by atoms with Gasteiger partial charge in [-0.25, -0.2) is 0 Å². The number of hydrogen-bond acceptors (Lipinski definition) is 2. The SMILES string of the molecule is Cc1ccc(NC(=O)C2CCCNC2)cc1Cl. The Morgan fingerprint density at radius 1 is 1.53 bits per heavy atom. The van der Waals surface area contributed by atoms with Gasteiger partial charge in [-0.05, 0) is 44.0 Å². The third-order valence-corrected chi connectivity index (χ3v) is 3.51. The lowest BCUT2D eigenvalue weighted by molar-refractivity contribution is -0.120. The van der Waals surface area contributed by atoms with Crippen molar-refractivity contribution in [2.24, 2.45) is 5.92 Å². The summed E-state index contributed by atoms with van der Waals surface area (Å²) >= 11 is 6.02. The smallest absolute Gasteiger partial charge is 0.228 e. The van der Waals surface area contributed by atoms with Gasteiger partial charge >= 0.3 is 0 Å². The Morgan fingerprint density at radius 3 is 3.00 bits per heavy atom. The molecule has 2 N–H and O–H groups in total. The average molecular weight is 253 g/mol.